The molecule has 0 fully saturated rings. The minimum Gasteiger partial charge on any atom is -0.350 e. The van der Waals surface area contributed by atoms with Crippen LogP contribution >= 0.6 is 0 Å². The van der Waals surface area contributed by atoms with Crippen molar-refractivity contribution < 1.29 is 0 Å². The fourth-order valence-corrected chi connectivity index (χ4v) is 2.90. The third-order valence-corrected chi connectivity index (χ3v) is 4.59. The highest BCUT2D eigenvalue weighted by atomic mass is 15.3. The monoisotopic (exact) mass is 502 g/mol. The molecule has 2 aromatic heterocycles. The van der Waals surface area contributed by atoms with E-state index in [1.807, 2.05) is 114 Å². The third kappa shape index (κ3) is 10.0. The third-order valence-electron chi connectivity index (χ3n) is 4.59. The smallest absolute Gasteiger partial charge is 0.232 e. The number of nitrogens with zero attached hydrogens (tertiary/aromatic N) is 8. The first-order valence-corrected chi connectivity index (χ1v) is 12.2. The predicted octanol–water partition coefficient (Wildman–Crippen LogP) is 4.87. The number of aryl methyl sites for hydroxylation is 2. The SMILES string of the molecule is CC.Cc1nc(NCc2ccccc2)nc(N(C)C)n1.Cc1nc(Nc2ccccc2)nc(N(C)C)n1. The van der Waals surface area contributed by atoms with Crippen molar-refractivity contribution in [3.8, 4) is 0 Å². The van der Waals surface area contributed by atoms with Crippen LogP contribution in [-0.2, 0) is 6.54 Å². The lowest BCUT2D eigenvalue weighted by Crippen LogP contribution is -2.16. The Bertz CT molecular complexity index is 1200. The van der Waals surface area contributed by atoms with Gasteiger partial charge in [-0.2, -0.15) is 29.9 Å². The minimum absolute atomic E-state index is 0.562. The number of rotatable bonds is 7. The van der Waals surface area contributed by atoms with E-state index in [1.54, 1.807) is 0 Å². The van der Waals surface area contributed by atoms with E-state index < -0.39 is 0 Å². The molecule has 0 saturated heterocycles. The van der Waals surface area contributed by atoms with E-state index in [1.165, 1.54) is 5.56 Å². The van der Waals surface area contributed by atoms with E-state index in [2.05, 4.69) is 52.7 Å². The standard InChI is InChI=1S/C13H17N5.C12H15N5.C2H6/c1-10-15-12(17-13(16-10)18(2)3)14-9-11-7-5-4-6-8-11;1-9-13-11(16-12(14-9)17(2)3)15-10-7-5-4-6-8-10;1-2/h4-8H,9H2,1-3H3,(H,14,15,16,17);4-8H,1-3H3,(H,13,14,15,16);1-2H3. The van der Waals surface area contributed by atoms with Gasteiger partial charge in [-0.15, -0.1) is 0 Å². The van der Waals surface area contributed by atoms with Crippen LogP contribution in [0.25, 0.3) is 0 Å². The normalized spacial score (nSPS) is 9.73. The van der Waals surface area contributed by atoms with E-state index in [-0.39, 0.29) is 0 Å². The molecule has 10 heteroatoms. The largest absolute Gasteiger partial charge is 0.350 e. The molecular weight excluding hydrogens is 464 g/mol. The van der Waals surface area contributed by atoms with Crippen LogP contribution in [0.4, 0.5) is 29.5 Å². The lowest BCUT2D eigenvalue weighted by Gasteiger charge is -2.12. The first-order chi connectivity index (χ1) is 17.8. The maximum atomic E-state index is 4.34. The Morgan fingerprint density at radius 2 is 1.05 bits per heavy atom. The van der Waals surface area contributed by atoms with Gasteiger partial charge in [0, 0.05) is 40.4 Å². The molecule has 196 valence electrons. The fourth-order valence-electron chi connectivity index (χ4n) is 2.90. The molecule has 0 radical (unpaired) electrons. The Hall–Kier alpha value is -4.34. The van der Waals surface area contributed by atoms with E-state index in [0.29, 0.717) is 42.0 Å². The van der Waals surface area contributed by atoms with Crippen LogP contribution in [0, 0.1) is 13.8 Å². The number of hydrogen-bond donors (Lipinski definition) is 2. The summed E-state index contributed by atoms with van der Waals surface area (Å²) >= 11 is 0. The molecule has 2 heterocycles. The van der Waals surface area contributed by atoms with Gasteiger partial charge in [0.05, 0.1) is 0 Å². The average Bonchev–Trinajstić information content (AvgIpc) is 2.89. The van der Waals surface area contributed by atoms with Gasteiger partial charge in [0.15, 0.2) is 0 Å². The van der Waals surface area contributed by atoms with Crippen molar-refractivity contribution in [1.82, 2.24) is 29.9 Å². The van der Waals surface area contributed by atoms with Gasteiger partial charge in [0.1, 0.15) is 11.6 Å². The first kappa shape index (κ1) is 28.9. The molecule has 0 aliphatic carbocycles. The van der Waals surface area contributed by atoms with Crippen molar-refractivity contribution in [2.24, 2.45) is 0 Å². The van der Waals surface area contributed by atoms with Crippen molar-refractivity contribution >= 4 is 29.5 Å². The molecule has 4 rings (SSSR count). The number of para-hydroxylation sites is 1. The quantitative estimate of drug-likeness (QED) is 0.363. The van der Waals surface area contributed by atoms with Crippen molar-refractivity contribution in [3.63, 3.8) is 0 Å². The van der Waals surface area contributed by atoms with Gasteiger partial charge in [0.25, 0.3) is 0 Å². The highest BCUT2D eigenvalue weighted by Crippen LogP contribution is 2.14. The summed E-state index contributed by atoms with van der Waals surface area (Å²) in [4.78, 5) is 29.4. The molecule has 0 amide bonds. The van der Waals surface area contributed by atoms with Crippen LogP contribution in [-0.4, -0.2) is 58.1 Å². The van der Waals surface area contributed by atoms with Gasteiger partial charge >= 0.3 is 0 Å². The van der Waals surface area contributed by atoms with E-state index >= 15 is 0 Å². The molecule has 0 unspecified atom stereocenters. The number of hydrogen-bond acceptors (Lipinski definition) is 10. The zero-order chi connectivity index (χ0) is 27.2. The highest BCUT2D eigenvalue weighted by molar-refractivity contribution is 5.53. The van der Waals surface area contributed by atoms with Gasteiger partial charge in [-0.1, -0.05) is 62.4 Å². The molecule has 2 N–H and O–H groups in total. The van der Waals surface area contributed by atoms with Gasteiger partial charge in [-0.25, -0.2) is 0 Å². The Morgan fingerprint density at radius 3 is 1.57 bits per heavy atom. The Morgan fingerprint density at radius 1 is 0.595 bits per heavy atom. The van der Waals surface area contributed by atoms with Gasteiger partial charge in [-0.3, -0.25) is 0 Å². The van der Waals surface area contributed by atoms with E-state index in [9.17, 15) is 0 Å². The summed E-state index contributed by atoms with van der Waals surface area (Å²) < 4.78 is 0. The number of benzene rings is 2. The van der Waals surface area contributed by atoms with Crippen LogP contribution in [0.2, 0.25) is 0 Å². The topological polar surface area (TPSA) is 108 Å². The molecule has 37 heavy (non-hydrogen) atoms. The molecule has 0 aliphatic heterocycles. The Labute approximate surface area is 220 Å². The summed E-state index contributed by atoms with van der Waals surface area (Å²) in [6, 6.07) is 20.0. The average molecular weight is 503 g/mol. The molecule has 4 aromatic rings. The summed E-state index contributed by atoms with van der Waals surface area (Å²) in [5.74, 6) is 3.89. The van der Waals surface area contributed by atoms with E-state index in [4.69, 9.17) is 0 Å². The molecule has 0 atom stereocenters. The summed E-state index contributed by atoms with van der Waals surface area (Å²) in [5, 5.41) is 6.36. The second kappa shape index (κ2) is 14.9. The van der Waals surface area contributed by atoms with Crippen LogP contribution in [0.3, 0.4) is 0 Å². The highest BCUT2D eigenvalue weighted by Gasteiger charge is 2.06. The maximum absolute atomic E-state index is 4.34. The Balaban J connectivity index is 0.000000244. The van der Waals surface area contributed by atoms with Crippen molar-refractivity contribution in [2.75, 3.05) is 48.6 Å². The lowest BCUT2D eigenvalue weighted by atomic mass is 10.2. The van der Waals surface area contributed by atoms with Crippen molar-refractivity contribution in [1.29, 1.82) is 0 Å². The number of anilines is 5. The van der Waals surface area contributed by atoms with Gasteiger partial charge in [0.2, 0.25) is 23.8 Å². The molecule has 0 spiro atoms. The molecule has 10 nitrogen and oxygen atoms in total. The predicted molar refractivity (Wildman–Crippen MR) is 153 cm³/mol. The molecule has 2 aromatic carbocycles. The van der Waals surface area contributed by atoms with Crippen LogP contribution in [0.15, 0.2) is 60.7 Å². The second-order valence-electron chi connectivity index (χ2n) is 8.13. The van der Waals surface area contributed by atoms with Gasteiger partial charge in [-0.05, 0) is 31.5 Å². The van der Waals surface area contributed by atoms with Crippen molar-refractivity contribution in [3.05, 3.63) is 77.9 Å². The zero-order valence-corrected chi connectivity index (χ0v) is 23.1. The zero-order valence-electron chi connectivity index (χ0n) is 23.1. The second-order valence-corrected chi connectivity index (χ2v) is 8.13. The van der Waals surface area contributed by atoms with Crippen LogP contribution in [0.1, 0.15) is 31.1 Å². The summed E-state index contributed by atoms with van der Waals surface area (Å²) in [7, 11) is 7.63. The fraction of sp³-hybridized carbons (Fsp3) is 0.333. The van der Waals surface area contributed by atoms with Crippen LogP contribution in [0.5, 0.6) is 0 Å². The summed E-state index contributed by atoms with van der Waals surface area (Å²) in [5.41, 5.74) is 2.16. The minimum atomic E-state index is 0.562. The Kier molecular flexibility index (Phi) is 11.7. The van der Waals surface area contributed by atoms with Crippen molar-refractivity contribution in [2.45, 2.75) is 34.2 Å². The van der Waals surface area contributed by atoms with Crippen LogP contribution < -0.4 is 20.4 Å². The van der Waals surface area contributed by atoms with Gasteiger partial charge < -0.3 is 20.4 Å². The maximum Gasteiger partial charge on any atom is 0.232 e. The summed E-state index contributed by atoms with van der Waals surface area (Å²) in [6.45, 7) is 8.42. The van der Waals surface area contributed by atoms with E-state index in [0.717, 1.165) is 5.69 Å². The molecule has 0 bridgehead atoms. The first-order valence-electron chi connectivity index (χ1n) is 12.2. The lowest BCUT2D eigenvalue weighted by molar-refractivity contribution is 0.907. The number of aromatic nitrogens is 6. The number of nitrogens with one attached hydrogen (secondary N) is 2. The molecule has 0 saturated carbocycles. The molecular formula is C27H38N10. The summed E-state index contributed by atoms with van der Waals surface area (Å²) in [6.07, 6.45) is 0. The molecule has 0 aliphatic rings.